The topological polar surface area (TPSA) is 47.7 Å². The van der Waals surface area contributed by atoms with Gasteiger partial charge in [0.15, 0.2) is 0 Å². The van der Waals surface area contributed by atoms with E-state index < -0.39 is 0 Å². The molecule has 0 saturated carbocycles. The van der Waals surface area contributed by atoms with Gasteiger partial charge in [-0.05, 0) is 32.2 Å². The summed E-state index contributed by atoms with van der Waals surface area (Å²) < 4.78 is 10.6. The zero-order valence-corrected chi connectivity index (χ0v) is 11.1. The molecular weight excluding hydrogens is 216 g/mol. The van der Waals surface area contributed by atoms with E-state index in [1.54, 1.807) is 14.2 Å². The fourth-order valence-corrected chi connectivity index (χ4v) is 1.80. The van der Waals surface area contributed by atoms with Crippen molar-refractivity contribution in [3.05, 3.63) is 23.8 Å². The van der Waals surface area contributed by atoms with Crippen LogP contribution >= 0.6 is 0 Å². The predicted molar refractivity (Wildman–Crippen MR) is 69.6 cm³/mol. The number of ether oxygens (including phenoxy) is 2. The number of likely N-dealkylation sites (N-methyl/N-ethyl adjacent to an activating group) is 1. The normalized spacial score (nSPS) is 12.6. The van der Waals surface area contributed by atoms with Gasteiger partial charge in [-0.2, -0.15) is 0 Å². The van der Waals surface area contributed by atoms with Crippen molar-refractivity contribution in [3.8, 4) is 11.5 Å². The predicted octanol–water partition coefficient (Wildman–Crippen LogP) is 1.66. The third kappa shape index (κ3) is 3.35. The molecule has 96 valence electrons. The Bertz CT molecular complexity index is 355. The fourth-order valence-electron chi connectivity index (χ4n) is 1.80. The second kappa shape index (κ2) is 6.47. The molecule has 1 atom stereocenters. The number of nitrogens with zero attached hydrogens (tertiary/aromatic N) is 1. The van der Waals surface area contributed by atoms with Crippen LogP contribution in [0.15, 0.2) is 18.2 Å². The maximum absolute atomic E-state index is 5.57. The minimum Gasteiger partial charge on any atom is -0.497 e. The van der Waals surface area contributed by atoms with E-state index in [-0.39, 0.29) is 6.04 Å². The lowest BCUT2D eigenvalue weighted by atomic mass is 10.1. The Morgan fingerprint density at radius 2 is 2.00 bits per heavy atom. The molecule has 0 saturated heterocycles. The third-order valence-corrected chi connectivity index (χ3v) is 3.03. The van der Waals surface area contributed by atoms with Crippen molar-refractivity contribution in [2.75, 3.05) is 34.4 Å². The third-order valence-electron chi connectivity index (χ3n) is 3.03. The number of benzene rings is 1. The summed E-state index contributed by atoms with van der Waals surface area (Å²) in [5.74, 6) is 1.72. The molecular formula is C13H22N2O2. The first kappa shape index (κ1) is 13.8. The Kier molecular flexibility index (Phi) is 5.25. The summed E-state index contributed by atoms with van der Waals surface area (Å²) in [5.41, 5.74) is 6.69. The van der Waals surface area contributed by atoms with Crippen molar-refractivity contribution in [2.24, 2.45) is 5.73 Å². The molecule has 1 unspecified atom stereocenters. The van der Waals surface area contributed by atoms with Crippen LogP contribution in [0.1, 0.15) is 18.5 Å². The molecule has 0 aliphatic rings. The van der Waals surface area contributed by atoms with Crippen molar-refractivity contribution in [1.82, 2.24) is 4.90 Å². The van der Waals surface area contributed by atoms with Gasteiger partial charge in [-0.3, -0.25) is 4.90 Å². The van der Waals surface area contributed by atoms with Gasteiger partial charge in [-0.25, -0.2) is 0 Å². The molecule has 1 rings (SSSR count). The van der Waals surface area contributed by atoms with Crippen LogP contribution in [0.5, 0.6) is 11.5 Å². The van der Waals surface area contributed by atoms with Crippen LogP contribution in [0.2, 0.25) is 0 Å². The average molecular weight is 238 g/mol. The van der Waals surface area contributed by atoms with E-state index in [0.29, 0.717) is 6.54 Å². The van der Waals surface area contributed by atoms with Crippen LogP contribution in [-0.2, 0) is 0 Å². The minimum absolute atomic E-state index is 0.239. The summed E-state index contributed by atoms with van der Waals surface area (Å²) in [4.78, 5) is 2.19. The Morgan fingerprint density at radius 1 is 1.29 bits per heavy atom. The lowest BCUT2D eigenvalue weighted by Crippen LogP contribution is -2.28. The van der Waals surface area contributed by atoms with Crippen LogP contribution in [-0.4, -0.2) is 39.3 Å². The van der Waals surface area contributed by atoms with E-state index in [1.807, 2.05) is 18.2 Å². The molecule has 2 N–H and O–H groups in total. The van der Waals surface area contributed by atoms with Crippen LogP contribution in [0.3, 0.4) is 0 Å². The number of hydrogen-bond donors (Lipinski definition) is 1. The Labute approximate surface area is 103 Å². The van der Waals surface area contributed by atoms with Gasteiger partial charge in [0.1, 0.15) is 11.5 Å². The van der Waals surface area contributed by atoms with Gasteiger partial charge in [0.2, 0.25) is 0 Å². The molecule has 0 amide bonds. The molecule has 4 nitrogen and oxygen atoms in total. The van der Waals surface area contributed by atoms with Crippen molar-refractivity contribution in [2.45, 2.75) is 13.0 Å². The van der Waals surface area contributed by atoms with Crippen molar-refractivity contribution < 1.29 is 9.47 Å². The molecule has 0 bridgehead atoms. The van der Waals surface area contributed by atoms with Gasteiger partial charge in [-0.15, -0.1) is 0 Å². The lowest BCUT2D eigenvalue weighted by molar-refractivity contribution is 0.261. The van der Waals surface area contributed by atoms with Gasteiger partial charge in [-0.1, -0.05) is 0 Å². The maximum Gasteiger partial charge on any atom is 0.123 e. The van der Waals surface area contributed by atoms with Gasteiger partial charge in [0, 0.05) is 24.7 Å². The molecule has 0 fully saturated rings. The van der Waals surface area contributed by atoms with Crippen LogP contribution < -0.4 is 15.2 Å². The highest BCUT2D eigenvalue weighted by Crippen LogP contribution is 2.31. The highest BCUT2D eigenvalue weighted by atomic mass is 16.5. The largest absolute Gasteiger partial charge is 0.497 e. The van der Waals surface area contributed by atoms with E-state index in [9.17, 15) is 0 Å². The fraction of sp³-hybridized carbons (Fsp3) is 0.538. The standard InChI is InChI=1S/C13H22N2O2/c1-10(15(2)8-7-14)12-9-11(16-3)5-6-13(12)17-4/h5-6,9-10H,7-8,14H2,1-4H3. The first-order valence-electron chi connectivity index (χ1n) is 5.76. The van der Waals surface area contributed by atoms with Crippen molar-refractivity contribution in [3.63, 3.8) is 0 Å². The molecule has 0 spiro atoms. The van der Waals surface area contributed by atoms with Gasteiger partial charge in [0.25, 0.3) is 0 Å². The zero-order chi connectivity index (χ0) is 12.8. The molecule has 4 heteroatoms. The smallest absolute Gasteiger partial charge is 0.123 e. The van der Waals surface area contributed by atoms with Crippen molar-refractivity contribution >= 4 is 0 Å². The molecule has 0 aliphatic carbocycles. The Hall–Kier alpha value is -1.26. The van der Waals surface area contributed by atoms with Gasteiger partial charge in [0.05, 0.1) is 14.2 Å². The summed E-state index contributed by atoms with van der Waals surface area (Å²) in [5, 5.41) is 0. The van der Waals surface area contributed by atoms with Crippen LogP contribution in [0, 0.1) is 0 Å². The number of methoxy groups -OCH3 is 2. The molecule has 0 radical (unpaired) electrons. The van der Waals surface area contributed by atoms with E-state index in [1.165, 1.54) is 0 Å². The van der Waals surface area contributed by atoms with Crippen LogP contribution in [0.4, 0.5) is 0 Å². The lowest BCUT2D eigenvalue weighted by Gasteiger charge is -2.26. The van der Waals surface area contributed by atoms with Gasteiger partial charge >= 0.3 is 0 Å². The van der Waals surface area contributed by atoms with E-state index in [0.717, 1.165) is 23.6 Å². The Morgan fingerprint density at radius 3 is 2.53 bits per heavy atom. The summed E-state index contributed by atoms with van der Waals surface area (Å²) in [6.07, 6.45) is 0. The van der Waals surface area contributed by atoms with E-state index in [2.05, 4.69) is 18.9 Å². The maximum atomic E-state index is 5.57. The number of rotatable bonds is 6. The van der Waals surface area contributed by atoms with Crippen LogP contribution in [0.25, 0.3) is 0 Å². The monoisotopic (exact) mass is 238 g/mol. The first-order chi connectivity index (χ1) is 8.13. The summed E-state index contributed by atoms with van der Waals surface area (Å²) in [7, 11) is 5.40. The second-order valence-electron chi connectivity index (χ2n) is 4.05. The SMILES string of the molecule is COc1ccc(OC)c(C(C)N(C)CCN)c1. The molecule has 17 heavy (non-hydrogen) atoms. The van der Waals surface area contributed by atoms with Gasteiger partial charge < -0.3 is 15.2 Å². The highest BCUT2D eigenvalue weighted by Gasteiger charge is 2.16. The molecule has 1 aromatic rings. The minimum atomic E-state index is 0.239. The molecule has 0 aromatic heterocycles. The average Bonchev–Trinajstić information content (AvgIpc) is 2.37. The molecule has 0 heterocycles. The summed E-state index contributed by atoms with van der Waals surface area (Å²) >= 11 is 0. The number of nitrogens with two attached hydrogens (primary N) is 1. The number of hydrogen-bond acceptors (Lipinski definition) is 4. The van der Waals surface area contributed by atoms with Crippen molar-refractivity contribution in [1.29, 1.82) is 0 Å². The summed E-state index contributed by atoms with van der Waals surface area (Å²) in [6.45, 7) is 3.63. The van der Waals surface area contributed by atoms with E-state index in [4.69, 9.17) is 15.2 Å². The van der Waals surface area contributed by atoms with E-state index >= 15 is 0 Å². The molecule has 0 aliphatic heterocycles. The zero-order valence-electron chi connectivity index (χ0n) is 11.1. The second-order valence-corrected chi connectivity index (χ2v) is 4.05. The molecule has 1 aromatic carbocycles. The Balaban J connectivity index is 3.00. The summed E-state index contributed by atoms with van der Waals surface area (Å²) in [6, 6.07) is 6.08. The first-order valence-corrected chi connectivity index (χ1v) is 5.76. The quantitative estimate of drug-likeness (QED) is 0.818. The highest BCUT2D eigenvalue weighted by molar-refractivity contribution is 5.42.